The minimum absolute atomic E-state index is 0.324. The number of methoxy groups -OCH3 is 2. The smallest absolute Gasteiger partial charge is 0.228 e. The Morgan fingerprint density at radius 1 is 0.943 bits per heavy atom. The first-order valence-corrected chi connectivity index (χ1v) is 11.5. The minimum atomic E-state index is -0.324. The van der Waals surface area contributed by atoms with Crippen molar-refractivity contribution < 1.29 is 13.9 Å². The second-order valence-corrected chi connectivity index (χ2v) is 8.39. The lowest BCUT2D eigenvalue weighted by molar-refractivity contribution is 0.144. The molecule has 2 aromatic carbocycles. The van der Waals surface area contributed by atoms with Gasteiger partial charge in [0.05, 0.1) is 30.5 Å². The molecule has 1 aliphatic rings. The van der Waals surface area contributed by atoms with Crippen LogP contribution < -0.4 is 15.4 Å². The molecule has 4 aromatic rings. The number of anilines is 2. The van der Waals surface area contributed by atoms with Crippen molar-refractivity contribution in [2.24, 2.45) is 0 Å². The van der Waals surface area contributed by atoms with Crippen molar-refractivity contribution in [3.05, 3.63) is 54.3 Å². The molecule has 0 bridgehead atoms. The zero-order valence-corrected chi connectivity index (χ0v) is 19.8. The molecule has 0 spiro atoms. The Bertz CT molecular complexity index is 1300. The van der Waals surface area contributed by atoms with Crippen LogP contribution in [0.5, 0.6) is 5.75 Å². The maximum Gasteiger partial charge on any atom is 0.228 e. The fraction of sp³-hybridized carbons (Fsp3) is 0.320. The van der Waals surface area contributed by atoms with Gasteiger partial charge >= 0.3 is 0 Å². The maximum absolute atomic E-state index is 13.5. The number of nitrogens with two attached hydrogens (primary N) is 1. The summed E-state index contributed by atoms with van der Waals surface area (Å²) < 4.78 is 25.6. The van der Waals surface area contributed by atoms with E-state index >= 15 is 0 Å². The molecule has 5 rings (SSSR count). The first-order valence-electron chi connectivity index (χ1n) is 11.5. The Kier molecular flexibility index (Phi) is 6.47. The molecule has 3 heterocycles. The molecule has 9 nitrogen and oxygen atoms in total. The molecule has 182 valence electrons. The van der Waals surface area contributed by atoms with Gasteiger partial charge in [0.2, 0.25) is 5.95 Å². The Balaban J connectivity index is 1.58. The number of halogens is 1. The fourth-order valence-corrected chi connectivity index (χ4v) is 4.27. The molecular weight excluding hydrogens is 449 g/mol. The summed E-state index contributed by atoms with van der Waals surface area (Å²) in [6.45, 7) is 5.00. The number of rotatable bonds is 7. The van der Waals surface area contributed by atoms with Crippen LogP contribution in [-0.2, 0) is 4.74 Å². The van der Waals surface area contributed by atoms with Gasteiger partial charge in [0.1, 0.15) is 17.4 Å². The van der Waals surface area contributed by atoms with Crippen LogP contribution in [0.2, 0.25) is 0 Å². The zero-order chi connectivity index (χ0) is 24.4. The molecule has 35 heavy (non-hydrogen) atoms. The third-order valence-corrected chi connectivity index (χ3v) is 6.26. The SMILES string of the molecule is COCCN1CCN(c2nc(-c3ccc(OC)cc3)c3c(N)n(-c4ccc(F)cc4)nc3n2)CC1. The van der Waals surface area contributed by atoms with Gasteiger partial charge in [-0.25, -0.2) is 14.1 Å². The van der Waals surface area contributed by atoms with Gasteiger partial charge in [0, 0.05) is 45.4 Å². The van der Waals surface area contributed by atoms with Crippen molar-refractivity contribution in [2.45, 2.75) is 0 Å². The number of hydrogen-bond acceptors (Lipinski definition) is 8. The number of benzene rings is 2. The highest BCUT2D eigenvalue weighted by Gasteiger charge is 2.24. The van der Waals surface area contributed by atoms with E-state index in [4.69, 9.17) is 25.2 Å². The van der Waals surface area contributed by atoms with E-state index in [0.717, 1.165) is 44.0 Å². The predicted octanol–water partition coefficient (Wildman–Crippen LogP) is 2.98. The van der Waals surface area contributed by atoms with E-state index < -0.39 is 0 Å². The van der Waals surface area contributed by atoms with Crippen molar-refractivity contribution in [2.75, 3.05) is 64.2 Å². The number of fused-ring (bicyclic) bond motifs is 1. The van der Waals surface area contributed by atoms with E-state index in [1.165, 1.54) is 12.1 Å². The highest BCUT2D eigenvalue weighted by atomic mass is 19.1. The van der Waals surface area contributed by atoms with Crippen LogP contribution in [0.4, 0.5) is 16.2 Å². The number of piperazine rings is 1. The third-order valence-electron chi connectivity index (χ3n) is 6.26. The first kappa shape index (κ1) is 23.0. The standard InChI is InChI=1S/C25H28FN7O2/c1-34-16-15-31-11-13-32(14-12-31)25-28-22(17-3-9-20(35-2)10-4-17)21-23(27)33(30-24(21)29-25)19-7-5-18(26)6-8-19/h3-10H,11-16,27H2,1-2H3. The van der Waals surface area contributed by atoms with E-state index in [9.17, 15) is 4.39 Å². The number of aromatic nitrogens is 4. The summed E-state index contributed by atoms with van der Waals surface area (Å²) in [6.07, 6.45) is 0. The predicted molar refractivity (Wildman–Crippen MR) is 134 cm³/mol. The molecule has 0 saturated carbocycles. The van der Waals surface area contributed by atoms with Gasteiger partial charge in [-0.15, -0.1) is 5.10 Å². The van der Waals surface area contributed by atoms with Crippen LogP contribution >= 0.6 is 0 Å². The number of hydrogen-bond donors (Lipinski definition) is 1. The van der Waals surface area contributed by atoms with E-state index in [0.29, 0.717) is 40.8 Å². The Hall–Kier alpha value is -3.76. The average Bonchev–Trinajstić information content (AvgIpc) is 3.24. The molecule has 0 radical (unpaired) electrons. The molecule has 1 saturated heterocycles. The molecule has 2 aromatic heterocycles. The second-order valence-electron chi connectivity index (χ2n) is 8.39. The number of ether oxygens (including phenoxy) is 2. The van der Waals surface area contributed by atoms with Crippen LogP contribution in [0.3, 0.4) is 0 Å². The first-order chi connectivity index (χ1) is 17.1. The van der Waals surface area contributed by atoms with Crippen LogP contribution in [0.25, 0.3) is 28.0 Å². The summed E-state index contributed by atoms with van der Waals surface area (Å²) in [5.41, 5.74) is 9.28. The van der Waals surface area contributed by atoms with Crippen LogP contribution in [0.15, 0.2) is 48.5 Å². The van der Waals surface area contributed by atoms with Crippen LogP contribution in [0, 0.1) is 5.82 Å². The molecule has 2 N–H and O–H groups in total. The highest BCUT2D eigenvalue weighted by molar-refractivity contribution is 5.99. The van der Waals surface area contributed by atoms with E-state index in [-0.39, 0.29) is 5.82 Å². The quantitative estimate of drug-likeness (QED) is 0.434. The van der Waals surface area contributed by atoms with E-state index in [1.807, 2.05) is 24.3 Å². The van der Waals surface area contributed by atoms with Crippen molar-refractivity contribution in [1.29, 1.82) is 0 Å². The van der Waals surface area contributed by atoms with Gasteiger partial charge in [-0.1, -0.05) is 0 Å². The van der Waals surface area contributed by atoms with E-state index in [2.05, 4.69) is 14.9 Å². The summed E-state index contributed by atoms with van der Waals surface area (Å²) >= 11 is 0. The van der Waals surface area contributed by atoms with Gasteiger partial charge in [-0.3, -0.25) is 4.90 Å². The lowest BCUT2D eigenvalue weighted by Crippen LogP contribution is -2.47. The van der Waals surface area contributed by atoms with Crippen molar-refractivity contribution in [3.63, 3.8) is 0 Å². The zero-order valence-electron chi connectivity index (χ0n) is 19.8. The Labute approximate surface area is 202 Å². The molecule has 0 atom stereocenters. The van der Waals surface area contributed by atoms with Crippen LogP contribution in [0.1, 0.15) is 0 Å². The maximum atomic E-state index is 13.5. The summed E-state index contributed by atoms with van der Waals surface area (Å²) in [6, 6.07) is 13.7. The van der Waals surface area contributed by atoms with Crippen molar-refractivity contribution in [3.8, 4) is 22.7 Å². The summed E-state index contributed by atoms with van der Waals surface area (Å²) in [4.78, 5) is 14.3. The summed E-state index contributed by atoms with van der Waals surface area (Å²) in [5.74, 6) is 1.43. The molecule has 0 unspecified atom stereocenters. The van der Waals surface area contributed by atoms with Crippen LogP contribution in [-0.4, -0.2) is 78.2 Å². The Morgan fingerprint density at radius 3 is 2.31 bits per heavy atom. The molecule has 0 amide bonds. The third kappa shape index (κ3) is 4.62. The lowest BCUT2D eigenvalue weighted by atomic mass is 10.1. The molecule has 1 aliphatic heterocycles. The largest absolute Gasteiger partial charge is 0.497 e. The van der Waals surface area contributed by atoms with Gasteiger partial charge in [0.15, 0.2) is 5.65 Å². The van der Waals surface area contributed by atoms with Gasteiger partial charge < -0.3 is 20.1 Å². The normalized spacial score (nSPS) is 14.5. The summed E-state index contributed by atoms with van der Waals surface area (Å²) in [5, 5.41) is 5.34. The molecular formula is C25H28FN7O2. The average molecular weight is 478 g/mol. The molecule has 0 aliphatic carbocycles. The minimum Gasteiger partial charge on any atom is -0.497 e. The van der Waals surface area contributed by atoms with Gasteiger partial charge in [-0.05, 0) is 48.5 Å². The van der Waals surface area contributed by atoms with Gasteiger partial charge in [0.25, 0.3) is 0 Å². The monoisotopic (exact) mass is 477 g/mol. The Morgan fingerprint density at radius 2 is 1.66 bits per heavy atom. The summed E-state index contributed by atoms with van der Waals surface area (Å²) in [7, 11) is 3.35. The second kappa shape index (κ2) is 9.85. The topological polar surface area (TPSA) is 94.6 Å². The van der Waals surface area contributed by atoms with Crippen molar-refractivity contribution >= 4 is 22.8 Å². The van der Waals surface area contributed by atoms with Crippen molar-refractivity contribution in [1.82, 2.24) is 24.6 Å². The fourth-order valence-electron chi connectivity index (χ4n) is 4.27. The highest BCUT2D eigenvalue weighted by Crippen LogP contribution is 2.34. The van der Waals surface area contributed by atoms with E-state index in [1.54, 1.807) is 31.0 Å². The lowest BCUT2D eigenvalue weighted by Gasteiger charge is -2.34. The van der Waals surface area contributed by atoms with Gasteiger partial charge in [-0.2, -0.15) is 4.98 Å². The molecule has 10 heteroatoms. The number of nitrogens with zero attached hydrogens (tertiary/aromatic N) is 6. The molecule has 1 fully saturated rings. The number of nitrogen functional groups attached to an aromatic ring is 1.